The molecular formula is C41H63N5O7S. The van der Waals surface area contributed by atoms with E-state index in [9.17, 15) is 28.2 Å². The van der Waals surface area contributed by atoms with Gasteiger partial charge >= 0.3 is 6.03 Å². The van der Waals surface area contributed by atoms with Gasteiger partial charge in [0.25, 0.3) is 5.91 Å². The zero-order valence-electron chi connectivity index (χ0n) is 32.4. The first kappa shape index (κ1) is 41.8. The fourth-order valence-corrected chi connectivity index (χ4v) is 10.5. The number of ketones is 1. The molecule has 0 spiro atoms. The summed E-state index contributed by atoms with van der Waals surface area (Å²) in [7, 11) is -1.09. The van der Waals surface area contributed by atoms with Gasteiger partial charge in [0.15, 0.2) is 0 Å². The van der Waals surface area contributed by atoms with Crippen LogP contribution in [0, 0.1) is 17.8 Å². The summed E-state index contributed by atoms with van der Waals surface area (Å²) in [6.07, 6.45) is 12.6. The van der Waals surface area contributed by atoms with Crippen LogP contribution in [0.25, 0.3) is 0 Å². The first-order valence-corrected chi connectivity index (χ1v) is 22.0. The topological polar surface area (TPSA) is 177 Å². The van der Waals surface area contributed by atoms with Crippen LogP contribution in [0.5, 0.6) is 0 Å². The van der Waals surface area contributed by atoms with Gasteiger partial charge in [0.1, 0.15) is 12.1 Å². The molecule has 5 rings (SSSR count). The Bertz CT molecular complexity index is 1460. The highest BCUT2D eigenvalue weighted by Crippen LogP contribution is 2.33. The number of rotatable bonds is 18. The van der Waals surface area contributed by atoms with Crippen LogP contribution < -0.4 is 21.7 Å². The van der Waals surface area contributed by atoms with Crippen molar-refractivity contribution in [3.63, 3.8) is 0 Å². The highest BCUT2D eigenvalue weighted by molar-refractivity contribution is 7.85. The van der Waals surface area contributed by atoms with E-state index >= 15 is 0 Å². The fraction of sp³-hybridized carbons (Fsp3) is 0.732. The third-order valence-corrected chi connectivity index (χ3v) is 13.6. The summed E-state index contributed by atoms with van der Waals surface area (Å²) in [4.78, 5) is 69.4. The molecule has 0 bridgehead atoms. The predicted octanol–water partition coefficient (Wildman–Crippen LogP) is 4.65. The van der Waals surface area contributed by atoms with Crippen LogP contribution in [-0.4, -0.2) is 86.5 Å². The van der Waals surface area contributed by atoms with Gasteiger partial charge in [-0.25, -0.2) is 4.79 Å². The summed E-state index contributed by atoms with van der Waals surface area (Å²) >= 11 is 0. The number of nitrogens with two attached hydrogens (primary N) is 1. The van der Waals surface area contributed by atoms with E-state index in [0.717, 1.165) is 95.5 Å². The Kier molecular flexibility index (Phi) is 15.5. The van der Waals surface area contributed by atoms with Crippen LogP contribution in [0.1, 0.15) is 122 Å². The molecule has 1 aliphatic heterocycles. The number of carbonyl (C=O) groups excluding carboxylic acids is 5. The lowest BCUT2D eigenvalue weighted by Gasteiger charge is -2.39. The maximum absolute atomic E-state index is 14.8. The monoisotopic (exact) mass is 769 g/mol. The van der Waals surface area contributed by atoms with E-state index in [1.165, 1.54) is 4.90 Å². The number of nitrogens with one attached hydrogen (secondary N) is 3. The Morgan fingerprint density at radius 1 is 0.926 bits per heavy atom. The maximum atomic E-state index is 14.8. The summed E-state index contributed by atoms with van der Waals surface area (Å²) in [5.74, 6) is -1.36. The van der Waals surface area contributed by atoms with Crippen molar-refractivity contribution in [3.8, 4) is 0 Å². The van der Waals surface area contributed by atoms with Crippen molar-refractivity contribution in [2.75, 3.05) is 18.1 Å². The quantitative estimate of drug-likeness (QED) is 0.157. The average Bonchev–Trinajstić information content (AvgIpc) is 3.58. The Morgan fingerprint density at radius 2 is 1.61 bits per heavy atom. The van der Waals surface area contributed by atoms with Crippen LogP contribution >= 0.6 is 0 Å². The molecule has 5 amide bonds. The summed E-state index contributed by atoms with van der Waals surface area (Å²) in [6, 6.07) is 6.26. The van der Waals surface area contributed by atoms with Gasteiger partial charge in [-0.05, 0) is 61.8 Å². The third-order valence-electron chi connectivity index (χ3n) is 12.1. The van der Waals surface area contributed by atoms with Gasteiger partial charge in [-0.15, -0.1) is 0 Å². The molecule has 0 aromatic heterocycles. The zero-order chi connectivity index (χ0) is 38.7. The molecule has 1 heterocycles. The molecule has 1 aromatic carbocycles. The smallest absolute Gasteiger partial charge is 0.315 e. The van der Waals surface area contributed by atoms with E-state index in [-0.39, 0.29) is 30.7 Å². The number of benzene rings is 1. The lowest BCUT2D eigenvalue weighted by Crippen LogP contribution is -2.62. The SMILES string of the molecule is CC(C)CCS(=O)CC1(NC(=O)N[C@H](C(=O)N2C[C@H](OCc3ccccc3)C[C@H]2C(=O)NC(CC2CCC2)C(=O)C(N)=O)C2CCCCC2)CCCCC1. The summed E-state index contributed by atoms with van der Waals surface area (Å²) < 4.78 is 19.5. The molecule has 1 saturated heterocycles. The molecule has 5 N–H and O–H groups in total. The number of hydrogen-bond donors (Lipinski definition) is 4. The second-order valence-corrected chi connectivity index (χ2v) is 18.3. The number of primary amides is 1. The highest BCUT2D eigenvalue weighted by Gasteiger charge is 2.46. The van der Waals surface area contributed by atoms with Crippen LogP contribution in [0.3, 0.4) is 0 Å². The fourth-order valence-electron chi connectivity index (χ4n) is 8.66. The molecule has 300 valence electrons. The Labute approximate surface area is 323 Å². The minimum absolute atomic E-state index is 0.129. The largest absolute Gasteiger partial charge is 0.372 e. The molecule has 3 saturated carbocycles. The minimum atomic E-state index is -1.10. The van der Waals surface area contributed by atoms with Crippen molar-refractivity contribution in [2.45, 2.75) is 153 Å². The van der Waals surface area contributed by atoms with Crippen LogP contribution in [-0.2, 0) is 41.3 Å². The molecule has 4 aliphatic rings. The van der Waals surface area contributed by atoms with E-state index in [2.05, 4.69) is 29.8 Å². The first-order valence-electron chi connectivity index (χ1n) is 20.5. The number of urea groups is 1. The lowest BCUT2D eigenvalue weighted by atomic mass is 9.80. The molecule has 13 heteroatoms. The molecule has 54 heavy (non-hydrogen) atoms. The molecule has 0 radical (unpaired) electrons. The number of ether oxygens (including phenoxy) is 1. The number of amides is 5. The molecule has 5 atom stereocenters. The van der Waals surface area contributed by atoms with Gasteiger partial charge < -0.3 is 31.3 Å². The maximum Gasteiger partial charge on any atom is 0.315 e. The van der Waals surface area contributed by atoms with Crippen molar-refractivity contribution in [3.05, 3.63) is 35.9 Å². The zero-order valence-corrected chi connectivity index (χ0v) is 33.2. The number of likely N-dealkylation sites (tertiary alicyclic amines) is 1. The van der Waals surface area contributed by atoms with Crippen LogP contribution in [0.15, 0.2) is 30.3 Å². The van der Waals surface area contributed by atoms with Crippen molar-refractivity contribution >= 4 is 40.3 Å². The number of Topliss-reactive ketones (excluding diaryl/α,β-unsaturated/α-hetero) is 1. The molecular weight excluding hydrogens is 707 g/mol. The normalized spacial score (nSPS) is 23.5. The standard InChI is InChI=1S/C41H63N5O7S/c1-28(2)19-22-54(52)27-41(20-10-5-11-21-41)45-40(51)44-35(31-17-8-4-9-18-31)39(50)46-25-32(53-26-30-13-6-3-7-14-30)24-34(46)38(49)43-33(36(47)37(42)48)23-29-15-12-16-29/h3,6-7,13-14,28-29,31-35H,4-5,8-12,15-27H2,1-2H3,(H2,42,48)(H,43,49)(H2,44,45,51)/t32-,33?,34+,35+,54?/m1/s1. The second-order valence-electron chi connectivity index (χ2n) is 16.8. The Hall–Kier alpha value is -3.32. The number of carbonyl (C=O) groups is 5. The molecule has 2 unspecified atom stereocenters. The van der Waals surface area contributed by atoms with Crippen LogP contribution in [0.2, 0.25) is 0 Å². The Balaban J connectivity index is 1.36. The molecule has 4 fully saturated rings. The van der Waals surface area contributed by atoms with E-state index in [1.807, 2.05) is 30.3 Å². The van der Waals surface area contributed by atoms with Crippen molar-refractivity contribution in [2.24, 2.45) is 23.5 Å². The lowest BCUT2D eigenvalue weighted by molar-refractivity contribution is -0.143. The van der Waals surface area contributed by atoms with Crippen molar-refractivity contribution in [1.29, 1.82) is 0 Å². The Morgan fingerprint density at radius 3 is 2.24 bits per heavy atom. The summed E-state index contributed by atoms with van der Waals surface area (Å²) in [5.41, 5.74) is 5.75. The molecule has 12 nitrogen and oxygen atoms in total. The summed E-state index contributed by atoms with van der Waals surface area (Å²) in [6.45, 7) is 4.65. The number of hydrogen-bond acceptors (Lipinski definition) is 7. The van der Waals surface area contributed by atoms with E-state index in [4.69, 9.17) is 10.5 Å². The summed E-state index contributed by atoms with van der Waals surface area (Å²) in [5, 5.41) is 9.11. The van der Waals surface area contributed by atoms with Gasteiger partial charge in [0.05, 0.1) is 24.3 Å². The van der Waals surface area contributed by atoms with Gasteiger partial charge in [-0.1, -0.05) is 102 Å². The molecule has 3 aliphatic carbocycles. The predicted molar refractivity (Wildman–Crippen MR) is 208 cm³/mol. The van der Waals surface area contributed by atoms with Gasteiger partial charge in [0, 0.05) is 35.3 Å². The number of nitrogens with zero attached hydrogens (tertiary/aromatic N) is 1. The first-order chi connectivity index (χ1) is 25.9. The second kappa shape index (κ2) is 20.0. The molecule has 1 aromatic rings. The average molecular weight is 770 g/mol. The minimum Gasteiger partial charge on any atom is -0.372 e. The van der Waals surface area contributed by atoms with Crippen molar-refractivity contribution in [1.82, 2.24) is 20.9 Å². The van der Waals surface area contributed by atoms with Gasteiger partial charge in [-0.2, -0.15) is 0 Å². The van der Waals surface area contributed by atoms with E-state index in [0.29, 0.717) is 30.5 Å². The highest BCUT2D eigenvalue weighted by atomic mass is 32.2. The third kappa shape index (κ3) is 11.8. The van der Waals surface area contributed by atoms with E-state index < -0.39 is 64.2 Å². The van der Waals surface area contributed by atoms with E-state index in [1.54, 1.807) is 0 Å². The van der Waals surface area contributed by atoms with Crippen molar-refractivity contribution < 1.29 is 32.9 Å². The van der Waals surface area contributed by atoms with Gasteiger partial charge in [-0.3, -0.25) is 23.4 Å². The van der Waals surface area contributed by atoms with Gasteiger partial charge in [0.2, 0.25) is 17.6 Å². The van der Waals surface area contributed by atoms with Crippen LogP contribution in [0.4, 0.5) is 4.79 Å².